The fourth-order valence-electron chi connectivity index (χ4n) is 1.77. The molecule has 0 aliphatic carbocycles. The van der Waals surface area contributed by atoms with Gasteiger partial charge in [0, 0.05) is 6.42 Å². The molecule has 1 unspecified atom stereocenters. The molecular weight excluding hydrogens is 375 g/mol. The smallest absolute Gasteiger partial charge is 0.305 e. The van der Waals surface area contributed by atoms with E-state index in [9.17, 15) is 4.79 Å². The molecule has 0 spiro atoms. The quantitative estimate of drug-likeness (QED) is 0.291. The number of hydrogen-bond donors (Lipinski definition) is 1. The van der Waals surface area contributed by atoms with Crippen molar-refractivity contribution in [3.8, 4) is 11.5 Å². The number of para-hydroxylation sites is 2. The van der Waals surface area contributed by atoms with Gasteiger partial charge in [-0.05, 0) is 43.5 Å². The van der Waals surface area contributed by atoms with Crippen molar-refractivity contribution in [3.63, 3.8) is 0 Å². The minimum Gasteiger partial charge on any atom is -0.508 e. The zero-order chi connectivity index (χ0) is 20.9. The Morgan fingerprint density at radius 3 is 2.04 bits per heavy atom. The number of carbonyl (C=O) groups is 1. The number of rotatable bonds is 10. The zero-order valence-electron chi connectivity index (χ0n) is 17.1. The molecule has 0 fully saturated rings. The lowest BCUT2D eigenvalue weighted by molar-refractivity contribution is -0.143. The Kier molecular flexibility index (Phi) is 18.2. The highest BCUT2D eigenvalue weighted by Gasteiger charge is 1.99. The maximum atomic E-state index is 11.1. The number of aromatic hydroxyl groups is 1. The van der Waals surface area contributed by atoms with Crippen molar-refractivity contribution >= 4 is 15.0 Å². The van der Waals surface area contributed by atoms with Crippen LogP contribution in [0.4, 0.5) is 0 Å². The fraction of sp³-hybridized carbons (Fsp3) is 0.409. The summed E-state index contributed by atoms with van der Waals surface area (Å²) in [5, 5.41) is 8.63. The lowest BCUT2D eigenvalue weighted by Crippen LogP contribution is -2.05. The van der Waals surface area contributed by atoms with Crippen molar-refractivity contribution in [1.82, 2.24) is 0 Å². The summed E-state index contributed by atoms with van der Waals surface area (Å²) in [6, 6.07) is 18.3. The number of unbranched alkanes of at least 4 members (excludes halogenated alkanes) is 1. The van der Waals surface area contributed by atoms with Gasteiger partial charge in [0.2, 0.25) is 9.03 Å². The molecule has 0 bridgehead atoms. The first-order valence-corrected chi connectivity index (χ1v) is 10.5. The normalized spacial score (nSPS) is 9.68. The van der Waals surface area contributed by atoms with Crippen LogP contribution in [0.1, 0.15) is 46.5 Å². The predicted octanol–water partition coefficient (Wildman–Crippen LogP) is 6.13. The van der Waals surface area contributed by atoms with Crippen molar-refractivity contribution < 1.29 is 23.7 Å². The number of hydrogen-bond acceptors (Lipinski definition) is 5. The van der Waals surface area contributed by atoms with Gasteiger partial charge < -0.3 is 18.9 Å². The van der Waals surface area contributed by atoms with Crippen LogP contribution >= 0.6 is 9.03 Å². The molecule has 5 nitrogen and oxygen atoms in total. The molecular formula is C22H33O5P. The average Bonchev–Trinajstić information content (AvgIpc) is 2.73. The molecule has 28 heavy (non-hydrogen) atoms. The molecule has 6 heteroatoms. The summed E-state index contributed by atoms with van der Waals surface area (Å²) < 4.78 is 15.8. The van der Waals surface area contributed by atoms with Crippen molar-refractivity contribution in [2.45, 2.75) is 46.5 Å². The Hall–Kier alpha value is -2.10. The van der Waals surface area contributed by atoms with Crippen molar-refractivity contribution in [3.05, 3.63) is 60.7 Å². The van der Waals surface area contributed by atoms with E-state index in [-0.39, 0.29) is 15.0 Å². The molecule has 156 valence electrons. The molecule has 0 amide bonds. The number of esters is 1. The fourth-order valence-corrected chi connectivity index (χ4v) is 2.29. The van der Waals surface area contributed by atoms with E-state index in [0.717, 1.165) is 25.0 Å². The third kappa shape index (κ3) is 16.1. The monoisotopic (exact) mass is 408 g/mol. The van der Waals surface area contributed by atoms with Crippen LogP contribution in [0.3, 0.4) is 0 Å². The van der Waals surface area contributed by atoms with E-state index >= 15 is 0 Å². The van der Waals surface area contributed by atoms with Gasteiger partial charge in [-0.15, -0.1) is 0 Å². The number of ether oxygens (including phenoxy) is 1. The van der Waals surface area contributed by atoms with E-state index in [2.05, 4.69) is 0 Å². The van der Waals surface area contributed by atoms with Crippen LogP contribution in [0.15, 0.2) is 60.7 Å². The minimum atomic E-state index is -0.113. The van der Waals surface area contributed by atoms with Gasteiger partial charge in [0.15, 0.2) is 0 Å². The summed E-state index contributed by atoms with van der Waals surface area (Å²) in [7, 11) is 0.00916. The third-order valence-electron chi connectivity index (χ3n) is 3.08. The summed E-state index contributed by atoms with van der Waals surface area (Å²) in [5.41, 5.74) is 0. The molecule has 0 heterocycles. The summed E-state index contributed by atoms with van der Waals surface area (Å²) in [5.74, 6) is 1.02. The molecule has 2 aromatic carbocycles. The van der Waals surface area contributed by atoms with Gasteiger partial charge in [-0.2, -0.15) is 0 Å². The molecule has 0 saturated carbocycles. The van der Waals surface area contributed by atoms with Crippen LogP contribution < -0.4 is 4.52 Å². The standard InChI is InChI=1S/C14H21O4P.C6H6O.C2H6/c1-2-8-14(15)16-11-6-7-12-17-19-18-13-9-4-3-5-10-13;7-6-4-2-1-3-5-6;1-2/h3-5,9-10,19H,2,6-8,11-12H2,1H3;1-5,7H;1-2H3. The van der Waals surface area contributed by atoms with Gasteiger partial charge in [0.05, 0.1) is 13.2 Å². The van der Waals surface area contributed by atoms with Crippen molar-refractivity contribution in [2.24, 2.45) is 0 Å². The second kappa shape index (κ2) is 19.7. The number of phenolic OH excluding ortho intramolecular Hbond substituents is 1. The SMILES string of the molecule is CC.CCCC(=O)OCCCCOPOc1ccccc1.Oc1ccccc1. The molecule has 0 aliphatic heterocycles. The Labute approximate surface area is 171 Å². The second-order valence-corrected chi connectivity index (χ2v) is 6.02. The Morgan fingerprint density at radius 1 is 0.929 bits per heavy atom. The number of carbonyl (C=O) groups excluding carboxylic acids is 1. The first-order chi connectivity index (χ1) is 13.7. The van der Waals surface area contributed by atoms with Crippen LogP contribution in [0.25, 0.3) is 0 Å². The van der Waals surface area contributed by atoms with Crippen molar-refractivity contribution in [1.29, 1.82) is 0 Å². The highest BCUT2D eigenvalue weighted by molar-refractivity contribution is 7.26. The predicted molar refractivity (Wildman–Crippen MR) is 116 cm³/mol. The van der Waals surface area contributed by atoms with Gasteiger partial charge >= 0.3 is 5.97 Å². The van der Waals surface area contributed by atoms with Crippen LogP contribution in [0, 0.1) is 0 Å². The summed E-state index contributed by atoms with van der Waals surface area (Å²) in [4.78, 5) is 11.1. The summed E-state index contributed by atoms with van der Waals surface area (Å²) >= 11 is 0. The molecule has 0 saturated heterocycles. The molecule has 1 atom stereocenters. The van der Waals surface area contributed by atoms with Crippen LogP contribution in [-0.4, -0.2) is 24.3 Å². The van der Waals surface area contributed by atoms with E-state index in [0.29, 0.717) is 25.4 Å². The molecule has 0 aromatic heterocycles. The van der Waals surface area contributed by atoms with Gasteiger partial charge in [-0.25, -0.2) is 0 Å². The third-order valence-corrected chi connectivity index (χ3v) is 3.72. The lowest BCUT2D eigenvalue weighted by Gasteiger charge is -2.06. The highest BCUT2D eigenvalue weighted by atomic mass is 31.1. The van der Waals surface area contributed by atoms with E-state index in [1.807, 2.05) is 57.2 Å². The Morgan fingerprint density at radius 2 is 1.50 bits per heavy atom. The maximum Gasteiger partial charge on any atom is 0.305 e. The Balaban J connectivity index is 0.000000670. The van der Waals surface area contributed by atoms with Gasteiger partial charge in [0.25, 0.3) is 0 Å². The van der Waals surface area contributed by atoms with Gasteiger partial charge in [-0.1, -0.05) is 57.2 Å². The molecule has 0 radical (unpaired) electrons. The zero-order valence-corrected chi connectivity index (χ0v) is 18.1. The maximum absolute atomic E-state index is 11.1. The van der Waals surface area contributed by atoms with Crippen molar-refractivity contribution in [2.75, 3.05) is 13.2 Å². The molecule has 2 aromatic rings. The number of benzene rings is 2. The topological polar surface area (TPSA) is 65.0 Å². The second-order valence-electron chi connectivity index (χ2n) is 5.36. The largest absolute Gasteiger partial charge is 0.508 e. The lowest BCUT2D eigenvalue weighted by atomic mass is 10.3. The van der Waals surface area contributed by atoms with E-state index in [4.69, 9.17) is 18.9 Å². The van der Waals surface area contributed by atoms with Crippen LogP contribution in [-0.2, 0) is 14.1 Å². The first kappa shape index (κ1) is 25.9. The van der Waals surface area contributed by atoms with E-state index in [1.54, 1.807) is 24.3 Å². The minimum absolute atomic E-state index is 0.00916. The van der Waals surface area contributed by atoms with Gasteiger partial charge in [0.1, 0.15) is 11.5 Å². The first-order valence-electron chi connectivity index (χ1n) is 9.70. The summed E-state index contributed by atoms with van der Waals surface area (Å²) in [6.45, 7) is 7.06. The molecule has 0 aliphatic rings. The van der Waals surface area contributed by atoms with E-state index < -0.39 is 0 Å². The average molecular weight is 408 g/mol. The van der Waals surface area contributed by atoms with Crippen LogP contribution in [0.2, 0.25) is 0 Å². The van der Waals surface area contributed by atoms with E-state index in [1.165, 1.54) is 0 Å². The molecule has 2 rings (SSSR count). The highest BCUT2D eigenvalue weighted by Crippen LogP contribution is 2.20. The number of phenols is 1. The van der Waals surface area contributed by atoms with Crippen LogP contribution in [0.5, 0.6) is 11.5 Å². The Bertz CT molecular complexity index is 578. The van der Waals surface area contributed by atoms with Gasteiger partial charge in [-0.3, -0.25) is 4.79 Å². The molecule has 1 N–H and O–H groups in total. The summed E-state index contributed by atoms with van der Waals surface area (Å²) in [6.07, 6.45) is 3.03.